The summed E-state index contributed by atoms with van der Waals surface area (Å²) in [4.78, 5) is 35.2. The summed E-state index contributed by atoms with van der Waals surface area (Å²) in [5, 5.41) is 3.59. The molecule has 0 unspecified atom stereocenters. The van der Waals surface area contributed by atoms with Gasteiger partial charge in [0.05, 0.1) is 31.5 Å². The van der Waals surface area contributed by atoms with Crippen molar-refractivity contribution in [2.24, 2.45) is 4.99 Å². The van der Waals surface area contributed by atoms with E-state index in [1.165, 1.54) is 11.3 Å². The molecule has 0 saturated heterocycles. The SMILES string of the molecule is CCOC(=O)N1CCc2c(sc(N=Cc3ccc(N(C)C)cc3)c2C(=O)Nc2ccccc2OC)C1. The maximum Gasteiger partial charge on any atom is 0.410 e. The van der Waals surface area contributed by atoms with Crippen molar-refractivity contribution in [2.75, 3.05) is 44.6 Å². The van der Waals surface area contributed by atoms with Gasteiger partial charge in [0.25, 0.3) is 5.91 Å². The fourth-order valence-electron chi connectivity index (χ4n) is 4.01. The molecule has 2 aromatic carbocycles. The molecule has 0 aliphatic carbocycles. The van der Waals surface area contributed by atoms with E-state index in [0.29, 0.717) is 48.1 Å². The number of ether oxygens (including phenoxy) is 2. The number of carbonyl (C=O) groups is 2. The highest BCUT2D eigenvalue weighted by molar-refractivity contribution is 7.16. The third kappa shape index (κ3) is 5.52. The van der Waals surface area contributed by atoms with Crippen molar-refractivity contribution < 1.29 is 19.1 Å². The summed E-state index contributed by atoms with van der Waals surface area (Å²) in [6.45, 7) is 2.98. The Hall–Kier alpha value is -3.85. The number of carbonyl (C=O) groups excluding carboxylic acids is 2. The second-order valence-corrected chi connectivity index (χ2v) is 9.54. The Morgan fingerprint density at radius 1 is 1.17 bits per heavy atom. The van der Waals surface area contributed by atoms with Crippen LogP contribution in [0.2, 0.25) is 0 Å². The highest BCUT2D eigenvalue weighted by Crippen LogP contribution is 2.40. The highest BCUT2D eigenvalue weighted by Gasteiger charge is 2.30. The number of hydrogen-bond donors (Lipinski definition) is 1. The second-order valence-electron chi connectivity index (χ2n) is 8.45. The van der Waals surface area contributed by atoms with Crippen LogP contribution in [0.3, 0.4) is 0 Å². The summed E-state index contributed by atoms with van der Waals surface area (Å²) < 4.78 is 10.6. The zero-order chi connectivity index (χ0) is 25.7. The van der Waals surface area contributed by atoms with E-state index in [1.807, 2.05) is 55.4 Å². The first-order valence-electron chi connectivity index (χ1n) is 11.7. The number of hydrogen-bond acceptors (Lipinski definition) is 7. The van der Waals surface area contributed by atoms with Crippen LogP contribution in [-0.4, -0.2) is 57.5 Å². The average Bonchev–Trinajstić information content (AvgIpc) is 3.26. The maximum absolute atomic E-state index is 13.5. The van der Waals surface area contributed by atoms with Crippen molar-refractivity contribution >= 4 is 45.9 Å². The first-order chi connectivity index (χ1) is 17.4. The van der Waals surface area contributed by atoms with E-state index in [1.54, 1.807) is 37.3 Å². The monoisotopic (exact) mass is 506 g/mol. The van der Waals surface area contributed by atoms with Crippen molar-refractivity contribution in [3.05, 3.63) is 70.1 Å². The first kappa shape index (κ1) is 25.2. The number of nitrogens with one attached hydrogen (secondary N) is 1. The Morgan fingerprint density at radius 3 is 2.61 bits per heavy atom. The van der Waals surface area contributed by atoms with Crippen molar-refractivity contribution in [2.45, 2.75) is 19.9 Å². The van der Waals surface area contributed by atoms with Crippen LogP contribution in [0.25, 0.3) is 0 Å². The standard InChI is InChI=1S/C27H30N4O4S/c1-5-35-27(33)31-15-14-20-23(17-31)36-26(28-16-18-10-12-19(13-11-18)30(2)3)24(20)25(32)29-21-8-6-7-9-22(21)34-4/h6-13,16H,5,14-15,17H2,1-4H3,(H,29,32). The van der Waals surface area contributed by atoms with Gasteiger partial charge in [-0.2, -0.15) is 0 Å². The van der Waals surface area contributed by atoms with Crippen LogP contribution >= 0.6 is 11.3 Å². The van der Waals surface area contributed by atoms with Gasteiger partial charge in [0.2, 0.25) is 0 Å². The molecule has 36 heavy (non-hydrogen) atoms. The van der Waals surface area contributed by atoms with Gasteiger partial charge in [-0.15, -0.1) is 11.3 Å². The van der Waals surface area contributed by atoms with E-state index in [9.17, 15) is 9.59 Å². The van der Waals surface area contributed by atoms with Crippen molar-refractivity contribution in [1.29, 1.82) is 0 Å². The summed E-state index contributed by atoms with van der Waals surface area (Å²) >= 11 is 1.43. The molecule has 4 rings (SSSR count). The van der Waals surface area contributed by atoms with Crippen molar-refractivity contribution in [3.8, 4) is 5.75 Å². The number of benzene rings is 2. The zero-order valence-electron chi connectivity index (χ0n) is 20.9. The minimum Gasteiger partial charge on any atom is -0.495 e. The average molecular weight is 507 g/mol. The molecule has 0 atom stereocenters. The number of methoxy groups -OCH3 is 1. The molecule has 8 nitrogen and oxygen atoms in total. The molecule has 1 aliphatic rings. The number of para-hydroxylation sites is 2. The minimum atomic E-state index is -0.345. The van der Waals surface area contributed by atoms with Crippen LogP contribution in [0.1, 0.15) is 33.3 Å². The van der Waals surface area contributed by atoms with Gasteiger partial charge in [-0.25, -0.2) is 9.79 Å². The van der Waals surface area contributed by atoms with Crippen molar-refractivity contribution in [3.63, 3.8) is 0 Å². The summed E-state index contributed by atoms with van der Waals surface area (Å²) in [6.07, 6.45) is 1.97. The third-order valence-electron chi connectivity index (χ3n) is 5.89. The van der Waals surface area contributed by atoms with Crippen LogP contribution in [0.5, 0.6) is 5.75 Å². The topological polar surface area (TPSA) is 83.5 Å². The van der Waals surface area contributed by atoms with Crippen molar-refractivity contribution in [1.82, 2.24) is 4.90 Å². The van der Waals surface area contributed by atoms with Gasteiger partial charge in [0, 0.05) is 37.4 Å². The Balaban J connectivity index is 1.67. The highest BCUT2D eigenvalue weighted by atomic mass is 32.1. The number of anilines is 2. The Bertz CT molecular complexity index is 1270. The van der Waals surface area contributed by atoms with Crippen LogP contribution in [0, 0.1) is 0 Å². The molecule has 0 spiro atoms. The fourth-order valence-corrected chi connectivity index (χ4v) is 5.21. The lowest BCUT2D eigenvalue weighted by Crippen LogP contribution is -2.36. The number of nitrogens with zero attached hydrogens (tertiary/aromatic N) is 3. The predicted molar refractivity (Wildman–Crippen MR) is 144 cm³/mol. The molecule has 1 aliphatic heterocycles. The van der Waals surface area contributed by atoms with Gasteiger partial charge < -0.3 is 24.6 Å². The number of thiophene rings is 1. The molecule has 0 bridgehead atoms. The lowest BCUT2D eigenvalue weighted by atomic mass is 10.0. The summed E-state index contributed by atoms with van der Waals surface area (Å²) in [5.74, 6) is 0.325. The molecule has 0 saturated carbocycles. The lowest BCUT2D eigenvalue weighted by molar-refractivity contribution is 0.102. The minimum absolute atomic E-state index is 0.253. The number of aliphatic imine (C=N–C) groups is 1. The number of rotatable bonds is 7. The summed E-state index contributed by atoms with van der Waals surface area (Å²) in [6, 6.07) is 15.3. The fraction of sp³-hybridized carbons (Fsp3) is 0.296. The molecule has 188 valence electrons. The maximum atomic E-state index is 13.5. The van der Waals surface area contributed by atoms with Gasteiger partial charge in [-0.05, 0) is 48.7 Å². The van der Waals surface area contributed by atoms with Crippen LogP contribution in [-0.2, 0) is 17.7 Å². The van der Waals surface area contributed by atoms with Gasteiger partial charge in [0.15, 0.2) is 0 Å². The van der Waals surface area contributed by atoms with Crippen LogP contribution in [0.4, 0.5) is 21.2 Å². The van der Waals surface area contributed by atoms with Crippen LogP contribution < -0.4 is 15.0 Å². The Kier molecular flexibility index (Phi) is 7.90. The molecule has 0 fully saturated rings. The van der Waals surface area contributed by atoms with E-state index >= 15 is 0 Å². The van der Waals surface area contributed by atoms with E-state index in [4.69, 9.17) is 14.5 Å². The summed E-state index contributed by atoms with van der Waals surface area (Å²) in [7, 11) is 5.55. The van der Waals surface area contributed by atoms with E-state index in [2.05, 4.69) is 5.32 Å². The van der Waals surface area contributed by atoms with E-state index < -0.39 is 0 Å². The molecule has 9 heteroatoms. The van der Waals surface area contributed by atoms with Gasteiger partial charge >= 0.3 is 6.09 Å². The smallest absolute Gasteiger partial charge is 0.410 e. The zero-order valence-corrected chi connectivity index (χ0v) is 21.7. The molecule has 2 heterocycles. The summed E-state index contributed by atoms with van der Waals surface area (Å²) in [5.41, 5.74) is 4.06. The molecular weight excluding hydrogens is 476 g/mol. The lowest BCUT2D eigenvalue weighted by Gasteiger charge is -2.26. The first-order valence-corrected chi connectivity index (χ1v) is 12.5. The van der Waals surface area contributed by atoms with Gasteiger partial charge in [-0.1, -0.05) is 24.3 Å². The van der Waals surface area contributed by atoms with E-state index in [0.717, 1.165) is 21.7 Å². The van der Waals surface area contributed by atoms with Gasteiger partial charge in [-0.3, -0.25) is 4.79 Å². The quantitative estimate of drug-likeness (QED) is 0.438. The van der Waals surface area contributed by atoms with E-state index in [-0.39, 0.29) is 12.0 Å². The Morgan fingerprint density at radius 2 is 1.92 bits per heavy atom. The molecular formula is C27H30N4O4S. The second kappa shape index (κ2) is 11.3. The predicted octanol–water partition coefficient (Wildman–Crippen LogP) is 5.34. The number of fused-ring (bicyclic) bond motifs is 1. The largest absolute Gasteiger partial charge is 0.495 e. The molecule has 1 N–H and O–H groups in total. The molecule has 0 radical (unpaired) electrons. The Labute approximate surface area is 215 Å². The van der Waals surface area contributed by atoms with Crippen LogP contribution in [0.15, 0.2) is 53.5 Å². The van der Waals surface area contributed by atoms with Gasteiger partial charge in [0.1, 0.15) is 10.8 Å². The molecule has 2 amide bonds. The molecule has 3 aromatic rings. The molecule has 1 aromatic heterocycles. The normalized spacial score (nSPS) is 12.8. The third-order valence-corrected chi connectivity index (χ3v) is 7.01. The number of amides is 2.